The van der Waals surface area contributed by atoms with Gasteiger partial charge in [0.05, 0.1) is 7.11 Å². The molecule has 0 fully saturated rings. The summed E-state index contributed by atoms with van der Waals surface area (Å²) in [5.74, 6) is -0.154. The SMILES string of the molecule is COC(=O)CCC1=CCC=C(Br)C(C)=C1.NC(=O)OCc1ccccc1. The molecule has 1 amide bonds. The first-order valence-corrected chi connectivity index (χ1v) is 8.98. The molecular formula is C20H24BrNO4. The normalized spacial score (nSPS) is 13.1. The van der Waals surface area contributed by atoms with Gasteiger partial charge >= 0.3 is 12.1 Å². The van der Waals surface area contributed by atoms with Gasteiger partial charge in [0.15, 0.2) is 0 Å². The first kappa shape index (κ1) is 21.7. The van der Waals surface area contributed by atoms with Crippen molar-refractivity contribution in [2.24, 2.45) is 5.73 Å². The van der Waals surface area contributed by atoms with E-state index in [-0.39, 0.29) is 12.6 Å². The van der Waals surface area contributed by atoms with E-state index in [0.717, 1.165) is 22.9 Å². The Balaban J connectivity index is 0.000000273. The van der Waals surface area contributed by atoms with Gasteiger partial charge in [-0.05, 0) is 30.9 Å². The van der Waals surface area contributed by atoms with Gasteiger partial charge in [-0.3, -0.25) is 4.79 Å². The molecule has 0 radical (unpaired) electrons. The molecule has 1 aliphatic rings. The zero-order valence-electron chi connectivity index (χ0n) is 15.0. The Morgan fingerprint density at radius 3 is 2.50 bits per heavy atom. The van der Waals surface area contributed by atoms with Crippen LogP contribution in [-0.4, -0.2) is 19.2 Å². The number of carbonyl (C=O) groups is 2. The van der Waals surface area contributed by atoms with Gasteiger partial charge in [-0.1, -0.05) is 70.1 Å². The van der Waals surface area contributed by atoms with Gasteiger partial charge in [0.25, 0.3) is 0 Å². The second-order valence-electron chi connectivity index (χ2n) is 5.56. The van der Waals surface area contributed by atoms with Crippen LogP contribution in [0.4, 0.5) is 4.79 Å². The molecule has 0 aromatic heterocycles. The van der Waals surface area contributed by atoms with Gasteiger partial charge < -0.3 is 15.2 Å². The second kappa shape index (κ2) is 12.1. The maximum Gasteiger partial charge on any atom is 0.404 e. The average Bonchev–Trinajstić information content (AvgIpc) is 2.80. The summed E-state index contributed by atoms with van der Waals surface area (Å²) in [7, 11) is 1.42. The topological polar surface area (TPSA) is 78.6 Å². The molecule has 5 nitrogen and oxygen atoms in total. The number of allylic oxidation sites excluding steroid dienone is 6. The largest absolute Gasteiger partial charge is 0.469 e. The second-order valence-corrected chi connectivity index (χ2v) is 6.42. The van der Waals surface area contributed by atoms with Gasteiger partial charge in [0.1, 0.15) is 6.61 Å². The van der Waals surface area contributed by atoms with Gasteiger partial charge in [0, 0.05) is 10.9 Å². The summed E-state index contributed by atoms with van der Waals surface area (Å²) < 4.78 is 10.3. The third-order valence-corrected chi connectivity index (χ3v) is 4.47. The summed E-state index contributed by atoms with van der Waals surface area (Å²) in [6, 6.07) is 9.37. The maximum absolute atomic E-state index is 11.0. The van der Waals surface area contributed by atoms with Crippen molar-refractivity contribution >= 4 is 28.0 Å². The summed E-state index contributed by atoms with van der Waals surface area (Å²) >= 11 is 3.49. The van der Waals surface area contributed by atoms with Gasteiger partial charge in [0.2, 0.25) is 0 Å². The van der Waals surface area contributed by atoms with Crippen molar-refractivity contribution in [3.05, 3.63) is 69.8 Å². The molecule has 0 atom stereocenters. The number of primary amides is 1. The highest BCUT2D eigenvalue weighted by molar-refractivity contribution is 9.12. The summed E-state index contributed by atoms with van der Waals surface area (Å²) in [6.07, 6.45) is 7.73. The van der Waals surface area contributed by atoms with E-state index < -0.39 is 6.09 Å². The minimum absolute atomic E-state index is 0.154. The number of rotatable bonds is 5. The van der Waals surface area contributed by atoms with Crippen LogP contribution >= 0.6 is 15.9 Å². The lowest BCUT2D eigenvalue weighted by molar-refractivity contribution is -0.140. The molecule has 1 aromatic carbocycles. The van der Waals surface area contributed by atoms with E-state index >= 15 is 0 Å². The number of hydrogen-bond donors (Lipinski definition) is 1. The summed E-state index contributed by atoms with van der Waals surface area (Å²) in [5, 5.41) is 0. The number of ether oxygens (including phenoxy) is 2. The van der Waals surface area contributed by atoms with Crippen LogP contribution in [0.3, 0.4) is 0 Å². The molecule has 1 aliphatic carbocycles. The highest BCUT2D eigenvalue weighted by Gasteiger charge is 2.05. The Kier molecular flexibility index (Phi) is 10.1. The summed E-state index contributed by atoms with van der Waals surface area (Å²) in [4.78, 5) is 21.2. The Morgan fingerprint density at radius 1 is 1.19 bits per heavy atom. The average molecular weight is 422 g/mol. The molecule has 2 rings (SSSR count). The molecule has 0 bridgehead atoms. The summed E-state index contributed by atoms with van der Waals surface area (Å²) in [5.41, 5.74) is 8.11. The zero-order chi connectivity index (χ0) is 19.4. The number of hydrogen-bond acceptors (Lipinski definition) is 4. The van der Waals surface area contributed by atoms with Crippen molar-refractivity contribution in [2.75, 3.05) is 7.11 Å². The van der Waals surface area contributed by atoms with Crippen molar-refractivity contribution in [3.8, 4) is 0 Å². The van der Waals surface area contributed by atoms with Crippen LogP contribution in [0, 0.1) is 0 Å². The third-order valence-electron chi connectivity index (χ3n) is 3.53. The highest BCUT2D eigenvalue weighted by Crippen LogP contribution is 2.24. The minimum atomic E-state index is -0.742. The van der Waals surface area contributed by atoms with E-state index in [1.54, 1.807) is 0 Å². The summed E-state index contributed by atoms with van der Waals surface area (Å²) in [6.45, 7) is 2.30. The molecule has 0 unspecified atom stereocenters. The van der Waals surface area contributed by atoms with Crippen molar-refractivity contribution in [3.63, 3.8) is 0 Å². The van der Waals surface area contributed by atoms with Crippen molar-refractivity contribution in [2.45, 2.75) is 32.8 Å². The first-order chi connectivity index (χ1) is 12.4. The third kappa shape index (κ3) is 9.22. The molecule has 26 heavy (non-hydrogen) atoms. The standard InChI is InChI=1S/C12H15BrO2.C8H9NO2/c1-9-8-10(4-3-5-11(9)13)6-7-12(14)15-2;9-8(10)11-6-7-4-2-1-3-5-7/h4-5,8H,3,6-7H2,1-2H3;1-5H,6H2,(H2,9,10). The molecule has 1 aromatic rings. The number of benzene rings is 1. The Morgan fingerprint density at radius 2 is 1.88 bits per heavy atom. The predicted molar refractivity (Wildman–Crippen MR) is 106 cm³/mol. The fourth-order valence-corrected chi connectivity index (χ4v) is 2.43. The van der Waals surface area contributed by atoms with Gasteiger partial charge in [-0.25, -0.2) is 4.79 Å². The lowest BCUT2D eigenvalue weighted by atomic mass is 10.1. The molecule has 2 N–H and O–H groups in total. The quantitative estimate of drug-likeness (QED) is 0.693. The smallest absolute Gasteiger partial charge is 0.404 e. The lowest BCUT2D eigenvalue weighted by Crippen LogP contribution is -2.12. The fraction of sp³-hybridized carbons (Fsp3) is 0.300. The number of amides is 1. The zero-order valence-corrected chi connectivity index (χ0v) is 16.6. The number of nitrogens with two attached hydrogens (primary N) is 1. The first-order valence-electron chi connectivity index (χ1n) is 8.18. The van der Waals surface area contributed by atoms with Crippen LogP contribution < -0.4 is 5.73 Å². The van der Waals surface area contributed by atoms with Crippen molar-refractivity contribution < 1.29 is 19.1 Å². The van der Waals surface area contributed by atoms with Crippen molar-refractivity contribution in [1.29, 1.82) is 0 Å². The van der Waals surface area contributed by atoms with Crippen LogP contribution in [0.25, 0.3) is 0 Å². The fourth-order valence-electron chi connectivity index (χ4n) is 2.13. The van der Waals surface area contributed by atoms with Crippen LogP contribution in [-0.2, 0) is 20.9 Å². The predicted octanol–water partition coefficient (Wildman–Crippen LogP) is 4.78. The van der Waals surface area contributed by atoms with Gasteiger partial charge in [-0.15, -0.1) is 0 Å². The Hall–Kier alpha value is -2.34. The van der Waals surface area contributed by atoms with E-state index in [1.165, 1.54) is 18.3 Å². The Labute approximate surface area is 162 Å². The molecule has 6 heteroatoms. The number of halogens is 1. The maximum atomic E-state index is 11.0. The molecule has 0 aliphatic heterocycles. The molecule has 0 saturated carbocycles. The van der Waals surface area contributed by atoms with Gasteiger partial charge in [-0.2, -0.15) is 0 Å². The molecular weight excluding hydrogens is 398 g/mol. The van der Waals surface area contributed by atoms with Crippen LogP contribution in [0.15, 0.2) is 64.2 Å². The highest BCUT2D eigenvalue weighted by atomic mass is 79.9. The molecule has 140 valence electrons. The van der Waals surface area contributed by atoms with E-state index in [1.807, 2.05) is 30.3 Å². The molecule has 0 spiro atoms. The van der Waals surface area contributed by atoms with Crippen LogP contribution in [0.2, 0.25) is 0 Å². The van der Waals surface area contributed by atoms with E-state index in [4.69, 9.17) is 5.73 Å². The van der Waals surface area contributed by atoms with E-state index in [9.17, 15) is 9.59 Å². The monoisotopic (exact) mass is 421 g/mol. The van der Waals surface area contributed by atoms with E-state index in [0.29, 0.717) is 6.42 Å². The molecule has 0 saturated heterocycles. The number of carbonyl (C=O) groups excluding carboxylic acids is 2. The molecule has 0 heterocycles. The Bertz CT molecular complexity index is 693. The lowest BCUT2D eigenvalue weighted by Gasteiger charge is -2.02. The number of esters is 1. The minimum Gasteiger partial charge on any atom is -0.469 e. The van der Waals surface area contributed by atoms with Crippen LogP contribution in [0.1, 0.15) is 31.7 Å². The van der Waals surface area contributed by atoms with E-state index in [2.05, 4.69) is 50.6 Å². The van der Waals surface area contributed by atoms with Crippen LogP contribution in [0.5, 0.6) is 0 Å². The van der Waals surface area contributed by atoms with Crippen molar-refractivity contribution in [1.82, 2.24) is 0 Å². The number of methoxy groups -OCH3 is 1.